The lowest BCUT2D eigenvalue weighted by Gasteiger charge is -2.30. The van der Waals surface area contributed by atoms with Gasteiger partial charge >= 0.3 is 0 Å². The monoisotopic (exact) mass is 329 g/mol. The van der Waals surface area contributed by atoms with Crippen LogP contribution in [0.15, 0.2) is 84.0 Å². The first-order valence-electron chi connectivity index (χ1n) is 7.98. The van der Waals surface area contributed by atoms with Crippen molar-refractivity contribution in [2.24, 2.45) is 0 Å². The summed E-state index contributed by atoms with van der Waals surface area (Å²) in [7, 11) is 0. The minimum atomic E-state index is 0.878. The minimum absolute atomic E-state index is 0.878. The van der Waals surface area contributed by atoms with Crippen molar-refractivity contribution in [3.8, 4) is 16.9 Å². The first kappa shape index (κ1) is 13.8. The topological polar surface area (TPSA) is 12.5 Å². The van der Waals surface area contributed by atoms with Gasteiger partial charge in [0.05, 0.1) is 5.88 Å². The molecular formula is C21H15NOS. The van der Waals surface area contributed by atoms with E-state index in [0.717, 1.165) is 16.7 Å². The highest BCUT2D eigenvalue weighted by Crippen LogP contribution is 2.50. The van der Waals surface area contributed by atoms with E-state index < -0.39 is 0 Å². The molecule has 3 heteroatoms. The molecule has 3 aromatic rings. The first-order chi connectivity index (χ1) is 11.9. The number of ether oxygens (including phenoxy) is 1. The van der Waals surface area contributed by atoms with E-state index in [1.807, 2.05) is 30.3 Å². The molecule has 24 heavy (non-hydrogen) atoms. The summed E-state index contributed by atoms with van der Waals surface area (Å²) < 4.78 is 6.22. The smallest absolute Gasteiger partial charge is 0.186 e. The maximum atomic E-state index is 6.22. The third-order valence-corrected chi connectivity index (χ3v) is 5.34. The van der Waals surface area contributed by atoms with Crippen molar-refractivity contribution in [3.05, 3.63) is 89.5 Å². The zero-order valence-corrected chi connectivity index (χ0v) is 13.8. The molecule has 0 amide bonds. The first-order valence-corrected chi connectivity index (χ1v) is 8.97. The number of thioether (sulfide) groups is 1. The molecule has 5 rings (SSSR count). The summed E-state index contributed by atoms with van der Waals surface area (Å²) >= 11 is 1.75. The van der Waals surface area contributed by atoms with Crippen LogP contribution in [0.1, 0.15) is 5.56 Å². The van der Waals surface area contributed by atoms with Gasteiger partial charge in [-0.25, -0.2) is 0 Å². The Balaban J connectivity index is 1.70. The summed E-state index contributed by atoms with van der Waals surface area (Å²) in [6.07, 6.45) is 0. The van der Waals surface area contributed by atoms with Crippen LogP contribution in [0.2, 0.25) is 0 Å². The standard InChI is InChI=1S/C21H15NOS/c1-2-8-15(9-3-1)23-21-20-18-12-5-4-10-16(18)17-11-6-7-13-19(17)22(20)14-24-21/h1-13H,14H2. The number of rotatable bonds is 2. The van der Waals surface area contributed by atoms with Crippen molar-refractivity contribution in [2.75, 3.05) is 10.8 Å². The second kappa shape index (κ2) is 5.46. The van der Waals surface area contributed by atoms with E-state index in [1.165, 1.54) is 28.1 Å². The normalized spacial score (nSPS) is 14.9. The van der Waals surface area contributed by atoms with E-state index >= 15 is 0 Å². The predicted molar refractivity (Wildman–Crippen MR) is 101 cm³/mol. The summed E-state index contributed by atoms with van der Waals surface area (Å²) in [5.74, 6) is 1.76. The van der Waals surface area contributed by atoms with Crippen LogP contribution in [-0.4, -0.2) is 5.88 Å². The zero-order valence-electron chi connectivity index (χ0n) is 13.0. The maximum Gasteiger partial charge on any atom is 0.186 e. The van der Waals surface area contributed by atoms with Crippen LogP contribution in [0.5, 0.6) is 5.75 Å². The number of benzene rings is 3. The third kappa shape index (κ3) is 2.05. The van der Waals surface area contributed by atoms with Crippen LogP contribution in [-0.2, 0) is 0 Å². The minimum Gasteiger partial charge on any atom is -0.448 e. The number of anilines is 1. The molecule has 0 aromatic heterocycles. The molecule has 2 aliphatic heterocycles. The predicted octanol–water partition coefficient (Wildman–Crippen LogP) is 5.58. The Morgan fingerprint density at radius 1 is 0.708 bits per heavy atom. The van der Waals surface area contributed by atoms with Crippen molar-refractivity contribution in [3.63, 3.8) is 0 Å². The number of hydrogen-bond acceptors (Lipinski definition) is 3. The summed E-state index contributed by atoms with van der Waals surface area (Å²) in [5.41, 5.74) is 6.24. The molecule has 0 fully saturated rings. The van der Waals surface area contributed by atoms with Crippen molar-refractivity contribution in [1.82, 2.24) is 0 Å². The van der Waals surface area contributed by atoms with Gasteiger partial charge in [0.2, 0.25) is 0 Å². The van der Waals surface area contributed by atoms with Gasteiger partial charge in [0.1, 0.15) is 11.4 Å². The number of hydrogen-bond donors (Lipinski definition) is 0. The van der Waals surface area contributed by atoms with Crippen molar-refractivity contribution < 1.29 is 4.74 Å². The highest BCUT2D eigenvalue weighted by molar-refractivity contribution is 8.03. The number of fused-ring (bicyclic) bond motifs is 6. The molecule has 2 aliphatic rings. The molecule has 0 unspecified atom stereocenters. The average Bonchev–Trinajstić information content (AvgIpc) is 3.07. The third-order valence-electron chi connectivity index (χ3n) is 4.41. The number of nitrogens with zero attached hydrogens (tertiary/aromatic N) is 1. The Hall–Kier alpha value is -2.65. The Morgan fingerprint density at radius 2 is 1.38 bits per heavy atom. The Morgan fingerprint density at radius 3 is 2.21 bits per heavy atom. The fraction of sp³-hybridized carbons (Fsp3) is 0.0476. The second-order valence-corrected chi connectivity index (χ2v) is 6.73. The molecule has 0 saturated heterocycles. The van der Waals surface area contributed by atoms with Gasteiger partial charge in [-0.2, -0.15) is 0 Å². The fourth-order valence-corrected chi connectivity index (χ4v) is 4.37. The summed E-state index contributed by atoms with van der Waals surface area (Å²) in [5, 5.41) is 0.975. The van der Waals surface area contributed by atoms with Crippen molar-refractivity contribution in [2.45, 2.75) is 0 Å². The Labute approximate surface area is 145 Å². The van der Waals surface area contributed by atoms with Crippen LogP contribution in [0.3, 0.4) is 0 Å². The van der Waals surface area contributed by atoms with Crippen LogP contribution >= 0.6 is 11.8 Å². The van der Waals surface area contributed by atoms with E-state index in [4.69, 9.17) is 4.74 Å². The van der Waals surface area contributed by atoms with Gasteiger partial charge in [0, 0.05) is 16.8 Å². The van der Waals surface area contributed by atoms with Crippen LogP contribution in [0.4, 0.5) is 5.69 Å². The van der Waals surface area contributed by atoms with Gasteiger partial charge in [-0.3, -0.25) is 0 Å². The molecule has 0 bridgehead atoms. The van der Waals surface area contributed by atoms with Gasteiger partial charge in [0.25, 0.3) is 0 Å². The summed E-state index contributed by atoms with van der Waals surface area (Å²) in [6, 6.07) is 27.2. The molecule has 2 nitrogen and oxygen atoms in total. The van der Waals surface area contributed by atoms with E-state index in [9.17, 15) is 0 Å². The van der Waals surface area contributed by atoms with Gasteiger partial charge in [-0.1, -0.05) is 72.4 Å². The van der Waals surface area contributed by atoms with Crippen LogP contribution < -0.4 is 9.64 Å². The van der Waals surface area contributed by atoms with Gasteiger partial charge in [-0.15, -0.1) is 0 Å². The summed E-state index contributed by atoms with van der Waals surface area (Å²) in [4.78, 5) is 2.36. The number of para-hydroxylation sites is 2. The molecule has 0 saturated carbocycles. The molecule has 3 aromatic carbocycles. The maximum absolute atomic E-state index is 6.22. The van der Waals surface area contributed by atoms with Crippen LogP contribution in [0.25, 0.3) is 16.8 Å². The van der Waals surface area contributed by atoms with E-state index in [1.54, 1.807) is 11.8 Å². The second-order valence-electron chi connectivity index (χ2n) is 5.82. The van der Waals surface area contributed by atoms with Crippen LogP contribution in [0, 0.1) is 0 Å². The average molecular weight is 329 g/mol. The quantitative estimate of drug-likeness (QED) is 0.609. The van der Waals surface area contributed by atoms with Crippen molar-refractivity contribution in [1.29, 1.82) is 0 Å². The molecule has 0 spiro atoms. The van der Waals surface area contributed by atoms with Crippen molar-refractivity contribution >= 4 is 23.1 Å². The molecule has 0 atom stereocenters. The Kier molecular flexibility index (Phi) is 3.13. The zero-order chi connectivity index (χ0) is 15.9. The highest BCUT2D eigenvalue weighted by atomic mass is 32.2. The molecule has 0 aliphatic carbocycles. The van der Waals surface area contributed by atoms with Gasteiger partial charge in [0.15, 0.2) is 5.09 Å². The summed E-state index contributed by atoms with van der Waals surface area (Å²) in [6.45, 7) is 0. The lowest BCUT2D eigenvalue weighted by atomic mass is 9.92. The SMILES string of the molecule is c1ccc(OC2=C3c4ccccc4-c4ccccc4N3CS2)cc1. The van der Waals surface area contributed by atoms with E-state index in [2.05, 4.69) is 53.4 Å². The molecule has 2 heterocycles. The van der Waals surface area contributed by atoms with E-state index in [-0.39, 0.29) is 0 Å². The van der Waals surface area contributed by atoms with Gasteiger partial charge < -0.3 is 9.64 Å². The lowest BCUT2D eigenvalue weighted by molar-refractivity contribution is 0.469. The van der Waals surface area contributed by atoms with Gasteiger partial charge in [-0.05, 0) is 23.8 Å². The molecule has 0 N–H and O–H groups in total. The highest BCUT2D eigenvalue weighted by Gasteiger charge is 2.34. The molecule has 0 radical (unpaired) electrons. The fourth-order valence-electron chi connectivity index (χ4n) is 3.35. The molecule has 116 valence electrons. The lowest BCUT2D eigenvalue weighted by Crippen LogP contribution is -2.21. The molecular weight excluding hydrogens is 314 g/mol. The Bertz CT molecular complexity index is 949. The largest absolute Gasteiger partial charge is 0.448 e. The van der Waals surface area contributed by atoms with E-state index in [0.29, 0.717) is 0 Å².